The third-order valence-electron chi connectivity index (χ3n) is 3.14. The Hall–Kier alpha value is -2.05. The van der Waals surface area contributed by atoms with Gasteiger partial charge in [0, 0.05) is 33.1 Å². The monoisotopic (exact) mass is 251 g/mol. The molecule has 0 saturated carbocycles. The molecule has 1 aromatic heterocycles. The van der Waals surface area contributed by atoms with Gasteiger partial charge in [-0.25, -0.2) is 0 Å². The highest BCUT2D eigenvalue weighted by Gasteiger charge is 2.25. The predicted octanol–water partition coefficient (Wildman–Crippen LogP) is -0.647. The number of nitrogens with one attached hydrogen (secondary N) is 1. The number of amides is 2. The maximum atomic E-state index is 12.0. The van der Waals surface area contributed by atoms with Crippen molar-refractivity contribution in [3.63, 3.8) is 0 Å². The van der Waals surface area contributed by atoms with Crippen molar-refractivity contribution in [1.29, 1.82) is 0 Å². The fourth-order valence-corrected chi connectivity index (χ4v) is 2.12. The molecule has 0 aromatic carbocycles. The number of rotatable bonds is 2. The number of anilines is 1. The quantitative estimate of drug-likeness (QED) is 0.730. The molecule has 2 amide bonds. The number of nitrogen functional groups attached to an aromatic ring is 1. The Bertz CT molecular complexity index is 462. The van der Waals surface area contributed by atoms with Crippen LogP contribution < -0.4 is 11.1 Å². The molecule has 18 heavy (non-hydrogen) atoms. The first kappa shape index (κ1) is 12.4. The number of hydrogen-bond acceptors (Lipinski definition) is 4. The molecule has 7 heteroatoms. The number of nitrogens with zero attached hydrogens (tertiary/aromatic N) is 3. The molecule has 0 spiro atoms. The summed E-state index contributed by atoms with van der Waals surface area (Å²) in [5.74, 6) is -0.138. The van der Waals surface area contributed by atoms with Crippen LogP contribution in [0, 0.1) is 0 Å². The molecule has 1 saturated heterocycles. The van der Waals surface area contributed by atoms with Gasteiger partial charge in [0.1, 0.15) is 5.69 Å². The van der Waals surface area contributed by atoms with Crippen LogP contribution in [0.25, 0.3) is 0 Å². The Balaban J connectivity index is 2.02. The van der Waals surface area contributed by atoms with Crippen LogP contribution >= 0.6 is 0 Å². The maximum Gasteiger partial charge on any atom is 0.271 e. The molecule has 1 unspecified atom stereocenters. The van der Waals surface area contributed by atoms with Gasteiger partial charge in [-0.2, -0.15) is 5.10 Å². The second-order valence-corrected chi connectivity index (χ2v) is 4.56. The minimum atomic E-state index is -0.250. The molecule has 1 fully saturated rings. The van der Waals surface area contributed by atoms with Gasteiger partial charge in [0.2, 0.25) is 5.91 Å². The van der Waals surface area contributed by atoms with Crippen LogP contribution in [-0.2, 0) is 11.8 Å². The zero-order valence-electron chi connectivity index (χ0n) is 10.5. The van der Waals surface area contributed by atoms with E-state index in [-0.39, 0.29) is 17.9 Å². The SMILES string of the molecule is CN1CC(NC(=O)c2c(N)cnn2C)CCC1=O. The van der Waals surface area contributed by atoms with Gasteiger partial charge in [0.25, 0.3) is 5.91 Å². The lowest BCUT2D eigenvalue weighted by atomic mass is 10.1. The molecule has 1 aromatic rings. The van der Waals surface area contributed by atoms with E-state index in [1.165, 1.54) is 10.9 Å². The molecule has 2 rings (SSSR count). The van der Waals surface area contributed by atoms with Crippen LogP contribution in [0.4, 0.5) is 5.69 Å². The second kappa shape index (κ2) is 4.67. The van der Waals surface area contributed by atoms with E-state index in [9.17, 15) is 9.59 Å². The van der Waals surface area contributed by atoms with E-state index in [0.29, 0.717) is 30.8 Å². The van der Waals surface area contributed by atoms with Gasteiger partial charge in [-0.1, -0.05) is 0 Å². The molecule has 0 radical (unpaired) electrons. The summed E-state index contributed by atoms with van der Waals surface area (Å²) >= 11 is 0. The average molecular weight is 251 g/mol. The van der Waals surface area contributed by atoms with Crippen molar-refractivity contribution in [2.24, 2.45) is 7.05 Å². The number of aryl methyl sites for hydroxylation is 1. The molecule has 1 aliphatic heterocycles. The fourth-order valence-electron chi connectivity index (χ4n) is 2.12. The van der Waals surface area contributed by atoms with Crippen molar-refractivity contribution in [3.8, 4) is 0 Å². The highest BCUT2D eigenvalue weighted by Crippen LogP contribution is 2.13. The first-order valence-electron chi connectivity index (χ1n) is 5.81. The second-order valence-electron chi connectivity index (χ2n) is 4.56. The topological polar surface area (TPSA) is 93.2 Å². The van der Waals surface area contributed by atoms with Gasteiger partial charge in [0.05, 0.1) is 11.9 Å². The predicted molar refractivity (Wildman–Crippen MR) is 65.7 cm³/mol. The molecular formula is C11H17N5O2. The molecule has 98 valence electrons. The molecular weight excluding hydrogens is 234 g/mol. The minimum Gasteiger partial charge on any atom is -0.396 e. The average Bonchev–Trinajstić information content (AvgIpc) is 2.64. The highest BCUT2D eigenvalue weighted by atomic mass is 16.2. The zero-order valence-corrected chi connectivity index (χ0v) is 10.5. The van der Waals surface area contributed by atoms with E-state index in [1.54, 1.807) is 19.0 Å². The van der Waals surface area contributed by atoms with Crippen molar-refractivity contribution in [2.75, 3.05) is 19.3 Å². The Morgan fingerprint density at radius 3 is 2.83 bits per heavy atom. The van der Waals surface area contributed by atoms with E-state index in [0.717, 1.165) is 0 Å². The van der Waals surface area contributed by atoms with Crippen LogP contribution in [0.5, 0.6) is 0 Å². The number of carbonyl (C=O) groups excluding carboxylic acids is 2. The van der Waals surface area contributed by atoms with Gasteiger partial charge >= 0.3 is 0 Å². The van der Waals surface area contributed by atoms with Crippen LogP contribution in [0.15, 0.2) is 6.20 Å². The van der Waals surface area contributed by atoms with Crippen molar-refractivity contribution < 1.29 is 9.59 Å². The first-order valence-corrected chi connectivity index (χ1v) is 5.81. The number of carbonyl (C=O) groups is 2. The molecule has 1 aliphatic rings. The van der Waals surface area contributed by atoms with Gasteiger partial charge < -0.3 is 16.0 Å². The minimum absolute atomic E-state index is 0.0329. The van der Waals surface area contributed by atoms with Crippen LogP contribution in [0.1, 0.15) is 23.3 Å². The number of nitrogens with two attached hydrogens (primary N) is 1. The summed E-state index contributed by atoms with van der Waals surface area (Å²) in [6, 6.07) is -0.0329. The summed E-state index contributed by atoms with van der Waals surface area (Å²) in [5, 5.41) is 6.80. The molecule has 3 N–H and O–H groups in total. The van der Waals surface area contributed by atoms with Crippen molar-refractivity contribution in [3.05, 3.63) is 11.9 Å². The lowest BCUT2D eigenvalue weighted by Gasteiger charge is -2.30. The number of aromatic nitrogens is 2. The standard InChI is InChI=1S/C11H17N5O2/c1-15-6-7(3-4-9(15)17)14-11(18)10-8(12)5-13-16(10)2/h5,7H,3-4,6,12H2,1-2H3,(H,14,18). The van der Waals surface area contributed by atoms with Gasteiger partial charge in [0.15, 0.2) is 0 Å². The summed E-state index contributed by atoms with van der Waals surface area (Å²) in [6.07, 6.45) is 2.57. The molecule has 1 atom stereocenters. The smallest absolute Gasteiger partial charge is 0.271 e. The summed E-state index contributed by atoms with van der Waals surface area (Å²) in [5.41, 5.74) is 6.40. The summed E-state index contributed by atoms with van der Waals surface area (Å²) < 4.78 is 1.45. The molecule has 0 aliphatic carbocycles. The largest absolute Gasteiger partial charge is 0.396 e. The van der Waals surface area contributed by atoms with E-state index < -0.39 is 0 Å². The van der Waals surface area contributed by atoms with Crippen molar-refractivity contribution >= 4 is 17.5 Å². The highest BCUT2D eigenvalue weighted by molar-refractivity contribution is 5.97. The van der Waals surface area contributed by atoms with E-state index in [1.807, 2.05) is 0 Å². The third-order valence-corrected chi connectivity index (χ3v) is 3.14. The Morgan fingerprint density at radius 2 is 2.28 bits per heavy atom. The number of likely N-dealkylation sites (tertiary alicyclic amines) is 1. The Morgan fingerprint density at radius 1 is 1.56 bits per heavy atom. The molecule has 7 nitrogen and oxygen atoms in total. The third kappa shape index (κ3) is 2.29. The number of likely N-dealkylation sites (N-methyl/N-ethyl adjacent to an activating group) is 1. The normalized spacial score (nSPS) is 20.0. The van der Waals surface area contributed by atoms with E-state index in [2.05, 4.69) is 10.4 Å². The van der Waals surface area contributed by atoms with Crippen LogP contribution in [0.2, 0.25) is 0 Å². The number of piperidine rings is 1. The lowest BCUT2D eigenvalue weighted by molar-refractivity contribution is -0.132. The fraction of sp³-hybridized carbons (Fsp3) is 0.545. The zero-order chi connectivity index (χ0) is 13.3. The van der Waals surface area contributed by atoms with Gasteiger partial charge in [-0.3, -0.25) is 14.3 Å². The van der Waals surface area contributed by atoms with Gasteiger partial charge in [-0.15, -0.1) is 0 Å². The van der Waals surface area contributed by atoms with Crippen LogP contribution in [-0.4, -0.2) is 46.1 Å². The molecule has 0 bridgehead atoms. The van der Waals surface area contributed by atoms with E-state index >= 15 is 0 Å². The van der Waals surface area contributed by atoms with Crippen molar-refractivity contribution in [2.45, 2.75) is 18.9 Å². The van der Waals surface area contributed by atoms with E-state index in [4.69, 9.17) is 5.73 Å². The molecule has 2 heterocycles. The lowest BCUT2D eigenvalue weighted by Crippen LogP contribution is -2.48. The maximum absolute atomic E-state index is 12.0. The van der Waals surface area contributed by atoms with Crippen molar-refractivity contribution in [1.82, 2.24) is 20.0 Å². The summed E-state index contributed by atoms with van der Waals surface area (Å²) in [6.45, 7) is 0.530. The number of hydrogen-bond donors (Lipinski definition) is 2. The Kier molecular flexibility index (Phi) is 3.22. The van der Waals surface area contributed by atoms with Gasteiger partial charge in [-0.05, 0) is 6.42 Å². The summed E-state index contributed by atoms with van der Waals surface area (Å²) in [4.78, 5) is 25.0. The Labute approximate surface area is 105 Å². The van der Waals surface area contributed by atoms with Crippen LogP contribution in [0.3, 0.4) is 0 Å². The first-order chi connectivity index (χ1) is 8.49. The summed E-state index contributed by atoms with van der Waals surface area (Å²) in [7, 11) is 3.40.